The van der Waals surface area contributed by atoms with Crippen molar-refractivity contribution in [2.45, 2.75) is 24.8 Å². The van der Waals surface area contributed by atoms with Gasteiger partial charge in [-0.25, -0.2) is 0 Å². The van der Waals surface area contributed by atoms with E-state index in [4.69, 9.17) is 21.1 Å². The van der Waals surface area contributed by atoms with E-state index in [0.29, 0.717) is 29.4 Å². The molecule has 1 heterocycles. The number of Topliss-reactive ketones (excluding diaryl/α,β-unsaturated/α-hetero) is 1. The summed E-state index contributed by atoms with van der Waals surface area (Å²) < 4.78 is 10.9. The Labute approximate surface area is 198 Å². The summed E-state index contributed by atoms with van der Waals surface area (Å²) in [7, 11) is 3.23. The molecule has 5 nitrogen and oxygen atoms in total. The van der Waals surface area contributed by atoms with Crippen molar-refractivity contribution in [1.82, 2.24) is 0 Å². The van der Waals surface area contributed by atoms with Crippen LogP contribution in [0.25, 0.3) is 0 Å². The van der Waals surface area contributed by atoms with Gasteiger partial charge in [0.25, 0.3) is 0 Å². The van der Waals surface area contributed by atoms with Crippen molar-refractivity contribution in [2.75, 3.05) is 24.9 Å². The number of carbonyl (C=O) groups is 1. The average molecular weight is 461 g/mol. The molecular formula is C27H25ClN2O3. The minimum atomic E-state index is -0.323. The van der Waals surface area contributed by atoms with E-state index >= 15 is 0 Å². The molecule has 0 aromatic heterocycles. The number of para-hydroxylation sites is 2. The van der Waals surface area contributed by atoms with Gasteiger partial charge in [-0.2, -0.15) is 0 Å². The number of halogens is 1. The molecule has 3 aromatic carbocycles. The van der Waals surface area contributed by atoms with E-state index in [1.54, 1.807) is 14.2 Å². The number of nitrogens with one attached hydrogen (secondary N) is 2. The molecule has 168 valence electrons. The average Bonchev–Trinajstić information content (AvgIpc) is 3.00. The minimum Gasteiger partial charge on any atom is -0.493 e. The first kappa shape index (κ1) is 21.4. The molecule has 0 unspecified atom stereocenters. The molecule has 1 aliphatic heterocycles. The summed E-state index contributed by atoms with van der Waals surface area (Å²) in [5.74, 6) is 1.40. The molecule has 0 fully saturated rings. The quantitative estimate of drug-likeness (QED) is 0.476. The van der Waals surface area contributed by atoms with Crippen LogP contribution >= 0.6 is 11.6 Å². The molecule has 2 atom stereocenters. The summed E-state index contributed by atoms with van der Waals surface area (Å²) in [4.78, 5) is 13.7. The highest BCUT2D eigenvalue weighted by atomic mass is 35.5. The molecule has 0 amide bonds. The number of rotatable bonds is 4. The predicted molar refractivity (Wildman–Crippen MR) is 131 cm³/mol. The van der Waals surface area contributed by atoms with Crippen LogP contribution in [0.2, 0.25) is 5.02 Å². The van der Waals surface area contributed by atoms with E-state index in [9.17, 15) is 4.79 Å². The number of ketones is 1. The molecule has 5 rings (SSSR count). The van der Waals surface area contributed by atoms with Gasteiger partial charge in [0.15, 0.2) is 17.3 Å². The first-order chi connectivity index (χ1) is 16.1. The molecule has 2 aliphatic rings. The standard InChI is InChI=1S/C27H25ClN2O3/c1-32-24-12-11-16(15-25(24)33-2)27-26-22(29-20-9-5-6-10-21(20)30-27)13-17(14-23(26)31)18-7-3-4-8-19(18)28/h3-12,15,17,27,29-30H,13-14H2,1-2H3/t17-,27+/m1/s1. The number of ether oxygens (including phenoxy) is 2. The van der Waals surface area contributed by atoms with Crippen molar-refractivity contribution in [3.8, 4) is 11.5 Å². The molecule has 0 saturated carbocycles. The first-order valence-electron chi connectivity index (χ1n) is 10.9. The van der Waals surface area contributed by atoms with Crippen molar-refractivity contribution < 1.29 is 14.3 Å². The highest BCUT2D eigenvalue weighted by Gasteiger charge is 2.36. The summed E-state index contributed by atoms with van der Waals surface area (Å²) in [5.41, 5.74) is 5.50. The highest BCUT2D eigenvalue weighted by molar-refractivity contribution is 6.31. The Morgan fingerprint density at radius 1 is 0.879 bits per heavy atom. The zero-order chi connectivity index (χ0) is 22.9. The second kappa shape index (κ2) is 8.83. The van der Waals surface area contributed by atoms with Gasteiger partial charge in [-0.05, 0) is 53.8 Å². The number of hydrogen-bond donors (Lipinski definition) is 2. The molecular weight excluding hydrogens is 436 g/mol. The van der Waals surface area contributed by atoms with Gasteiger partial charge < -0.3 is 20.1 Å². The summed E-state index contributed by atoms with van der Waals surface area (Å²) >= 11 is 6.49. The first-order valence-corrected chi connectivity index (χ1v) is 11.3. The van der Waals surface area contributed by atoms with Gasteiger partial charge in [0.2, 0.25) is 0 Å². The monoisotopic (exact) mass is 460 g/mol. The number of fused-ring (bicyclic) bond motifs is 1. The lowest BCUT2D eigenvalue weighted by atomic mass is 9.78. The summed E-state index contributed by atoms with van der Waals surface area (Å²) in [6.07, 6.45) is 1.11. The maximum atomic E-state index is 13.7. The molecule has 0 bridgehead atoms. The van der Waals surface area contributed by atoms with Crippen LogP contribution in [0.15, 0.2) is 78.0 Å². The van der Waals surface area contributed by atoms with Crippen LogP contribution in [0.1, 0.15) is 35.9 Å². The molecule has 6 heteroatoms. The Morgan fingerprint density at radius 2 is 1.61 bits per heavy atom. The number of hydrogen-bond acceptors (Lipinski definition) is 5. The number of methoxy groups -OCH3 is 2. The lowest BCUT2D eigenvalue weighted by Crippen LogP contribution is -2.27. The number of allylic oxidation sites excluding steroid dienone is 1. The van der Waals surface area contributed by atoms with Crippen molar-refractivity contribution in [3.05, 3.63) is 94.1 Å². The molecule has 3 aromatic rings. The molecule has 2 N–H and O–H groups in total. The van der Waals surface area contributed by atoms with Crippen LogP contribution < -0.4 is 20.1 Å². The molecule has 33 heavy (non-hydrogen) atoms. The Hall–Kier alpha value is -3.44. The second-order valence-electron chi connectivity index (χ2n) is 8.30. The second-order valence-corrected chi connectivity index (χ2v) is 8.71. The third kappa shape index (κ3) is 3.93. The van der Waals surface area contributed by atoms with E-state index < -0.39 is 0 Å². The number of anilines is 2. The summed E-state index contributed by atoms with van der Waals surface area (Å²) in [6.45, 7) is 0. The van der Waals surface area contributed by atoms with Crippen LogP contribution in [-0.4, -0.2) is 20.0 Å². The zero-order valence-corrected chi connectivity index (χ0v) is 19.3. The molecule has 0 saturated heterocycles. The van der Waals surface area contributed by atoms with E-state index in [1.807, 2.05) is 66.7 Å². The third-order valence-corrected chi connectivity index (χ3v) is 6.74. The highest BCUT2D eigenvalue weighted by Crippen LogP contribution is 2.46. The van der Waals surface area contributed by atoms with Crippen LogP contribution in [0.5, 0.6) is 11.5 Å². The van der Waals surface area contributed by atoms with Gasteiger partial charge in [0.1, 0.15) is 0 Å². The lowest BCUT2D eigenvalue weighted by Gasteiger charge is -2.30. The molecule has 0 radical (unpaired) electrons. The number of carbonyl (C=O) groups excluding carboxylic acids is 1. The normalized spacial score (nSPS) is 19.5. The largest absolute Gasteiger partial charge is 0.493 e. The fraction of sp³-hybridized carbons (Fsp3) is 0.222. The summed E-state index contributed by atoms with van der Waals surface area (Å²) in [6, 6.07) is 21.3. The predicted octanol–water partition coefficient (Wildman–Crippen LogP) is 6.34. The van der Waals surface area contributed by atoms with Gasteiger partial charge in [0.05, 0.1) is 31.6 Å². The van der Waals surface area contributed by atoms with Gasteiger partial charge in [-0.3, -0.25) is 4.79 Å². The zero-order valence-electron chi connectivity index (χ0n) is 18.5. The van der Waals surface area contributed by atoms with Gasteiger partial charge in [-0.15, -0.1) is 0 Å². The topological polar surface area (TPSA) is 59.6 Å². The fourth-order valence-electron chi connectivity index (χ4n) is 4.80. The van der Waals surface area contributed by atoms with Crippen molar-refractivity contribution in [3.63, 3.8) is 0 Å². The molecule has 0 spiro atoms. The van der Waals surface area contributed by atoms with E-state index in [2.05, 4.69) is 10.6 Å². The van der Waals surface area contributed by atoms with E-state index in [1.165, 1.54) is 0 Å². The maximum Gasteiger partial charge on any atom is 0.163 e. The Balaban J connectivity index is 1.63. The van der Waals surface area contributed by atoms with Gasteiger partial charge in [-0.1, -0.05) is 48.0 Å². The summed E-state index contributed by atoms with van der Waals surface area (Å²) in [5, 5.41) is 7.85. The fourth-order valence-corrected chi connectivity index (χ4v) is 5.09. The van der Waals surface area contributed by atoms with Crippen molar-refractivity contribution >= 4 is 28.8 Å². The third-order valence-electron chi connectivity index (χ3n) is 6.39. The smallest absolute Gasteiger partial charge is 0.163 e. The van der Waals surface area contributed by atoms with Crippen LogP contribution in [0.3, 0.4) is 0 Å². The maximum absolute atomic E-state index is 13.7. The van der Waals surface area contributed by atoms with E-state index in [0.717, 1.165) is 33.8 Å². The SMILES string of the molecule is COc1ccc([C@@H]2Nc3ccccc3NC3=C2C(=O)C[C@H](c2ccccc2Cl)C3)cc1OC. The lowest BCUT2D eigenvalue weighted by molar-refractivity contribution is -0.116. The van der Waals surface area contributed by atoms with Crippen molar-refractivity contribution in [2.24, 2.45) is 0 Å². The Morgan fingerprint density at radius 3 is 2.36 bits per heavy atom. The van der Waals surface area contributed by atoms with Crippen LogP contribution in [0.4, 0.5) is 11.4 Å². The molecule has 1 aliphatic carbocycles. The Kier molecular flexibility index (Phi) is 5.73. The van der Waals surface area contributed by atoms with Crippen LogP contribution in [0, 0.1) is 0 Å². The van der Waals surface area contributed by atoms with Gasteiger partial charge >= 0.3 is 0 Å². The van der Waals surface area contributed by atoms with E-state index in [-0.39, 0.29) is 17.7 Å². The van der Waals surface area contributed by atoms with Crippen molar-refractivity contribution in [1.29, 1.82) is 0 Å². The minimum absolute atomic E-state index is 0.0220. The number of benzene rings is 3. The van der Waals surface area contributed by atoms with Gasteiger partial charge in [0, 0.05) is 22.7 Å². The Bertz CT molecular complexity index is 1250. The van der Waals surface area contributed by atoms with Crippen LogP contribution in [-0.2, 0) is 4.79 Å².